The van der Waals surface area contributed by atoms with Crippen LogP contribution in [0.25, 0.3) is 0 Å². The zero-order valence-corrected chi connectivity index (χ0v) is 11.6. The molecule has 0 aliphatic carbocycles. The van der Waals surface area contributed by atoms with Gasteiger partial charge in [-0.15, -0.1) is 0 Å². The number of anilines is 1. The van der Waals surface area contributed by atoms with E-state index in [9.17, 15) is 4.79 Å². The number of hydrogen-bond acceptors (Lipinski definition) is 3. The summed E-state index contributed by atoms with van der Waals surface area (Å²) in [4.78, 5) is 11.8. The van der Waals surface area contributed by atoms with Crippen LogP contribution in [0, 0.1) is 0 Å². The van der Waals surface area contributed by atoms with Gasteiger partial charge in [0.25, 0.3) is 5.91 Å². The molecular formula is C12H17BrN2O2. The molecule has 0 saturated heterocycles. The average molecular weight is 301 g/mol. The van der Waals surface area contributed by atoms with Gasteiger partial charge < -0.3 is 15.8 Å². The molecule has 0 aromatic heterocycles. The van der Waals surface area contributed by atoms with Crippen molar-refractivity contribution < 1.29 is 9.53 Å². The molecule has 17 heavy (non-hydrogen) atoms. The van der Waals surface area contributed by atoms with Crippen LogP contribution in [0.1, 0.15) is 24.2 Å². The van der Waals surface area contributed by atoms with Crippen LogP contribution in [0.2, 0.25) is 0 Å². The number of carbonyl (C=O) groups excluding carboxylic acids is 1. The normalized spacial score (nSPS) is 12.2. The minimum atomic E-state index is -0.149. The van der Waals surface area contributed by atoms with Crippen LogP contribution in [0.3, 0.4) is 0 Å². The Kier molecular flexibility index (Phi) is 5.44. The molecule has 0 aliphatic heterocycles. The van der Waals surface area contributed by atoms with Crippen molar-refractivity contribution in [1.82, 2.24) is 5.32 Å². The predicted molar refractivity (Wildman–Crippen MR) is 72.0 cm³/mol. The summed E-state index contributed by atoms with van der Waals surface area (Å²) in [6, 6.07) is 5.13. The van der Waals surface area contributed by atoms with Crippen LogP contribution in [0.4, 0.5) is 5.69 Å². The minimum Gasteiger partial charge on any atom is -0.399 e. The van der Waals surface area contributed by atoms with E-state index in [0.717, 1.165) is 4.47 Å². The van der Waals surface area contributed by atoms with Crippen LogP contribution >= 0.6 is 15.9 Å². The third-order valence-electron chi connectivity index (χ3n) is 2.18. The number of hydrogen-bond donors (Lipinski definition) is 2. The fourth-order valence-corrected chi connectivity index (χ4v) is 1.94. The molecule has 1 rings (SSSR count). The average Bonchev–Trinajstić information content (AvgIpc) is 2.25. The number of nitrogens with one attached hydrogen (secondary N) is 1. The zero-order chi connectivity index (χ0) is 12.8. The molecule has 1 unspecified atom stereocenters. The number of halogens is 1. The second-order valence-electron chi connectivity index (χ2n) is 3.75. The Bertz CT molecular complexity index is 376. The summed E-state index contributed by atoms with van der Waals surface area (Å²) in [7, 11) is 0. The molecule has 0 saturated carbocycles. The largest absolute Gasteiger partial charge is 0.399 e. The SMILES string of the molecule is CCOC(C)CNC(=O)c1cc(N)cc(Br)c1. The molecule has 0 aliphatic rings. The lowest BCUT2D eigenvalue weighted by Crippen LogP contribution is -2.32. The van der Waals surface area contributed by atoms with Crippen molar-refractivity contribution in [3.05, 3.63) is 28.2 Å². The lowest BCUT2D eigenvalue weighted by Gasteiger charge is -2.12. The van der Waals surface area contributed by atoms with Crippen LogP contribution in [-0.2, 0) is 4.74 Å². The third kappa shape index (κ3) is 4.75. The molecule has 94 valence electrons. The summed E-state index contributed by atoms with van der Waals surface area (Å²) in [6.45, 7) is 4.96. The van der Waals surface area contributed by atoms with Crippen molar-refractivity contribution in [3.8, 4) is 0 Å². The highest BCUT2D eigenvalue weighted by Crippen LogP contribution is 2.17. The van der Waals surface area contributed by atoms with Crippen molar-refractivity contribution in [1.29, 1.82) is 0 Å². The maximum atomic E-state index is 11.8. The first-order chi connectivity index (χ1) is 8.02. The second-order valence-corrected chi connectivity index (χ2v) is 4.66. The van der Waals surface area contributed by atoms with E-state index in [-0.39, 0.29) is 12.0 Å². The fourth-order valence-electron chi connectivity index (χ4n) is 1.43. The first-order valence-corrected chi connectivity index (χ1v) is 6.28. The van der Waals surface area contributed by atoms with Gasteiger partial charge in [-0.3, -0.25) is 4.79 Å². The van der Waals surface area contributed by atoms with Crippen LogP contribution < -0.4 is 11.1 Å². The van der Waals surface area contributed by atoms with Crippen LogP contribution in [0.5, 0.6) is 0 Å². The lowest BCUT2D eigenvalue weighted by molar-refractivity contribution is 0.0695. The lowest BCUT2D eigenvalue weighted by atomic mass is 10.2. The summed E-state index contributed by atoms with van der Waals surface area (Å²) in [5, 5.41) is 2.80. The van der Waals surface area contributed by atoms with E-state index in [1.165, 1.54) is 0 Å². The highest BCUT2D eigenvalue weighted by Gasteiger charge is 2.09. The van der Waals surface area contributed by atoms with Gasteiger partial charge in [-0.05, 0) is 32.0 Å². The molecule has 4 nitrogen and oxygen atoms in total. The van der Waals surface area contributed by atoms with E-state index in [4.69, 9.17) is 10.5 Å². The Hall–Kier alpha value is -1.07. The van der Waals surface area contributed by atoms with Crippen molar-refractivity contribution >= 4 is 27.5 Å². The second kappa shape index (κ2) is 6.61. The van der Waals surface area contributed by atoms with Gasteiger partial charge in [-0.2, -0.15) is 0 Å². The molecule has 1 amide bonds. The van der Waals surface area contributed by atoms with Gasteiger partial charge in [0.2, 0.25) is 0 Å². The molecule has 1 aromatic rings. The number of rotatable bonds is 5. The smallest absolute Gasteiger partial charge is 0.251 e. The minimum absolute atomic E-state index is 0.00782. The van der Waals surface area contributed by atoms with Crippen LogP contribution in [0.15, 0.2) is 22.7 Å². The molecule has 0 fully saturated rings. The molecule has 0 heterocycles. The molecular weight excluding hydrogens is 284 g/mol. The number of nitrogens with two attached hydrogens (primary N) is 1. The van der Waals surface area contributed by atoms with Gasteiger partial charge in [0.15, 0.2) is 0 Å². The summed E-state index contributed by atoms with van der Waals surface area (Å²) in [5.41, 5.74) is 6.77. The number of amides is 1. The van der Waals surface area contributed by atoms with Gasteiger partial charge in [-0.1, -0.05) is 15.9 Å². The molecule has 1 atom stereocenters. The molecule has 0 radical (unpaired) electrons. The molecule has 0 spiro atoms. The van der Waals surface area contributed by atoms with Crippen molar-refractivity contribution in [3.63, 3.8) is 0 Å². The zero-order valence-electron chi connectivity index (χ0n) is 10.00. The van der Waals surface area contributed by atoms with Gasteiger partial charge in [0.05, 0.1) is 6.10 Å². The number of carbonyl (C=O) groups is 1. The molecule has 0 bridgehead atoms. The summed E-state index contributed by atoms with van der Waals surface area (Å²) < 4.78 is 6.12. The highest BCUT2D eigenvalue weighted by molar-refractivity contribution is 9.10. The van der Waals surface area contributed by atoms with Crippen molar-refractivity contribution in [2.45, 2.75) is 20.0 Å². The highest BCUT2D eigenvalue weighted by atomic mass is 79.9. The van der Waals surface area contributed by atoms with Crippen molar-refractivity contribution in [2.24, 2.45) is 0 Å². The molecule has 5 heteroatoms. The molecule has 1 aromatic carbocycles. The summed E-state index contributed by atoms with van der Waals surface area (Å²) in [5.74, 6) is -0.149. The van der Waals surface area contributed by atoms with Gasteiger partial charge in [-0.25, -0.2) is 0 Å². The Balaban J connectivity index is 2.58. The van der Waals surface area contributed by atoms with E-state index in [1.54, 1.807) is 18.2 Å². The maximum absolute atomic E-state index is 11.8. The molecule has 3 N–H and O–H groups in total. The number of benzene rings is 1. The summed E-state index contributed by atoms with van der Waals surface area (Å²) >= 11 is 3.30. The van der Waals surface area contributed by atoms with Gasteiger partial charge >= 0.3 is 0 Å². The predicted octanol–water partition coefficient (Wildman–Crippen LogP) is 2.19. The van der Waals surface area contributed by atoms with Crippen LogP contribution in [-0.4, -0.2) is 25.2 Å². The van der Waals surface area contributed by atoms with Gasteiger partial charge in [0, 0.05) is 28.9 Å². The van der Waals surface area contributed by atoms with E-state index in [1.807, 2.05) is 13.8 Å². The Morgan fingerprint density at radius 3 is 2.82 bits per heavy atom. The third-order valence-corrected chi connectivity index (χ3v) is 2.64. The number of nitrogen functional groups attached to an aromatic ring is 1. The first-order valence-electron chi connectivity index (χ1n) is 5.48. The Labute approximate surface area is 110 Å². The maximum Gasteiger partial charge on any atom is 0.251 e. The fraction of sp³-hybridized carbons (Fsp3) is 0.417. The quantitative estimate of drug-likeness (QED) is 0.819. The standard InChI is InChI=1S/C12H17BrN2O2/c1-3-17-8(2)7-15-12(16)9-4-10(13)6-11(14)5-9/h4-6,8H,3,7,14H2,1-2H3,(H,15,16). The Morgan fingerprint density at radius 2 is 2.24 bits per heavy atom. The van der Waals surface area contributed by atoms with Crippen molar-refractivity contribution in [2.75, 3.05) is 18.9 Å². The first kappa shape index (κ1) is 14.0. The monoisotopic (exact) mass is 300 g/mol. The number of ether oxygens (including phenoxy) is 1. The van der Waals surface area contributed by atoms with E-state index in [0.29, 0.717) is 24.4 Å². The van der Waals surface area contributed by atoms with Gasteiger partial charge in [0.1, 0.15) is 0 Å². The topological polar surface area (TPSA) is 64.3 Å². The Morgan fingerprint density at radius 1 is 1.53 bits per heavy atom. The summed E-state index contributed by atoms with van der Waals surface area (Å²) in [6.07, 6.45) is 0.00782. The van der Waals surface area contributed by atoms with E-state index >= 15 is 0 Å². The van der Waals surface area contributed by atoms with E-state index in [2.05, 4.69) is 21.2 Å². The van der Waals surface area contributed by atoms with E-state index < -0.39 is 0 Å².